The van der Waals surface area contributed by atoms with Gasteiger partial charge in [0.15, 0.2) is 0 Å². The molecule has 1 heterocycles. The minimum atomic E-state index is -0.0819. The summed E-state index contributed by atoms with van der Waals surface area (Å²) in [5.41, 5.74) is 0.616. The summed E-state index contributed by atoms with van der Waals surface area (Å²) in [4.78, 5) is 17.5. The number of hydrogen-bond donors (Lipinski definition) is 1. The fourth-order valence-electron chi connectivity index (χ4n) is 1.59. The smallest absolute Gasteiger partial charge is 0.254 e. The molecule has 1 aromatic carbocycles. The zero-order valence-corrected chi connectivity index (χ0v) is 11.8. The third-order valence-electron chi connectivity index (χ3n) is 2.39. The Hall–Kier alpha value is -1.81. The third kappa shape index (κ3) is 3.83. The molecular formula is C15H16N2OS. The Bertz CT molecular complexity index is 555. The van der Waals surface area contributed by atoms with E-state index in [1.54, 1.807) is 18.3 Å². The average Bonchev–Trinajstić information content (AvgIpc) is 2.39. The Morgan fingerprint density at radius 1 is 1.16 bits per heavy atom. The van der Waals surface area contributed by atoms with Crippen molar-refractivity contribution in [3.63, 3.8) is 0 Å². The molecule has 0 spiro atoms. The summed E-state index contributed by atoms with van der Waals surface area (Å²) >= 11 is 1.50. The van der Waals surface area contributed by atoms with E-state index in [0.29, 0.717) is 5.56 Å². The number of pyridine rings is 1. The van der Waals surface area contributed by atoms with Crippen LogP contribution in [0.5, 0.6) is 0 Å². The van der Waals surface area contributed by atoms with Crippen LogP contribution in [0.4, 0.5) is 0 Å². The molecule has 0 radical (unpaired) electrons. The van der Waals surface area contributed by atoms with E-state index in [1.165, 1.54) is 11.8 Å². The Kier molecular flexibility index (Phi) is 4.58. The van der Waals surface area contributed by atoms with Gasteiger partial charge in [-0.25, -0.2) is 4.98 Å². The summed E-state index contributed by atoms with van der Waals surface area (Å²) in [5.74, 6) is -0.0819. The number of nitrogens with zero attached hydrogens (tertiary/aromatic N) is 1. The predicted octanol–water partition coefficient (Wildman–Crippen LogP) is 3.37. The van der Waals surface area contributed by atoms with Gasteiger partial charge in [0.2, 0.25) is 0 Å². The lowest BCUT2D eigenvalue weighted by atomic mass is 10.2. The molecule has 2 rings (SSSR count). The van der Waals surface area contributed by atoms with Gasteiger partial charge in [0.25, 0.3) is 5.91 Å². The van der Waals surface area contributed by atoms with E-state index in [0.717, 1.165) is 9.92 Å². The van der Waals surface area contributed by atoms with E-state index in [9.17, 15) is 4.79 Å². The lowest BCUT2D eigenvalue weighted by Crippen LogP contribution is -2.30. The zero-order valence-electron chi connectivity index (χ0n) is 11.0. The van der Waals surface area contributed by atoms with Gasteiger partial charge in [0, 0.05) is 17.1 Å². The summed E-state index contributed by atoms with van der Waals surface area (Å²) < 4.78 is 0. The van der Waals surface area contributed by atoms with Gasteiger partial charge in [-0.2, -0.15) is 0 Å². The van der Waals surface area contributed by atoms with Crippen molar-refractivity contribution < 1.29 is 4.79 Å². The Labute approximate surface area is 117 Å². The zero-order chi connectivity index (χ0) is 13.7. The number of rotatable bonds is 4. The maximum Gasteiger partial charge on any atom is 0.254 e. The normalized spacial score (nSPS) is 10.5. The van der Waals surface area contributed by atoms with Crippen LogP contribution < -0.4 is 5.32 Å². The Morgan fingerprint density at radius 2 is 1.89 bits per heavy atom. The van der Waals surface area contributed by atoms with Crippen LogP contribution in [0.3, 0.4) is 0 Å². The highest BCUT2D eigenvalue weighted by molar-refractivity contribution is 7.99. The quantitative estimate of drug-likeness (QED) is 0.928. The first kappa shape index (κ1) is 13.6. The van der Waals surface area contributed by atoms with Gasteiger partial charge in [-0.05, 0) is 38.1 Å². The van der Waals surface area contributed by atoms with E-state index in [4.69, 9.17) is 0 Å². The minimum Gasteiger partial charge on any atom is -0.350 e. The number of aromatic nitrogens is 1. The maximum absolute atomic E-state index is 12.1. The second-order valence-corrected chi connectivity index (χ2v) is 5.46. The van der Waals surface area contributed by atoms with Gasteiger partial charge >= 0.3 is 0 Å². The molecule has 3 nitrogen and oxygen atoms in total. The molecule has 1 aromatic heterocycles. The van der Waals surface area contributed by atoms with Crippen molar-refractivity contribution in [1.82, 2.24) is 10.3 Å². The summed E-state index contributed by atoms with van der Waals surface area (Å²) in [7, 11) is 0. The molecule has 0 atom stereocenters. The summed E-state index contributed by atoms with van der Waals surface area (Å²) in [5, 5.41) is 3.62. The molecule has 0 saturated carbocycles. The molecule has 2 aromatic rings. The van der Waals surface area contributed by atoms with Gasteiger partial charge in [-0.15, -0.1) is 0 Å². The number of hydrogen-bond acceptors (Lipinski definition) is 3. The van der Waals surface area contributed by atoms with Crippen LogP contribution in [0.2, 0.25) is 0 Å². The van der Waals surface area contributed by atoms with Crippen molar-refractivity contribution in [2.24, 2.45) is 0 Å². The number of carbonyl (C=O) groups excluding carboxylic acids is 1. The molecule has 19 heavy (non-hydrogen) atoms. The highest BCUT2D eigenvalue weighted by atomic mass is 32.2. The van der Waals surface area contributed by atoms with Gasteiger partial charge in [-0.3, -0.25) is 4.79 Å². The Morgan fingerprint density at radius 3 is 2.58 bits per heavy atom. The summed E-state index contributed by atoms with van der Waals surface area (Å²) in [6, 6.07) is 13.6. The van der Waals surface area contributed by atoms with Crippen molar-refractivity contribution in [3.8, 4) is 0 Å². The predicted molar refractivity (Wildman–Crippen MR) is 77.4 cm³/mol. The monoisotopic (exact) mass is 272 g/mol. The number of carbonyl (C=O) groups is 1. The number of nitrogens with one attached hydrogen (secondary N) is 1. The lowest BCUT2D eigenvalue weighted by molar-refractivity contribution is 0.0939. The fraction of sp³-hybridized carbons (Fsp3) is 0.200. The van der Waals surface area contributed by atoms with Crippen LogP contribution in [0.25, 0.3) is 0 Å². The SMILES string of the molecule is CC(C)NC(=O)c1cccnc1Sc1ccccc1. The van der Waals surface area contributed by atoms with E-state index in [-0.39, 0.29) is 11.9 Å². The number of benzene rings is 1. The first-order chi connectivity index (χ1) is 9.16. The first-order valence-electron chi connectivity index (χ1n) is 6.15. The molecule has 0 saturated heterocycles. The van der Waals surface area contributed by atoms with Gasteiger partial charge in [0.1, 0.15) is 5.03 Å². The van der Waals surface area contributed by atoms with E-state index in [1.807, 2.05) is 44.2 Å². The molecule has 98 valence electrons. The fourth-order valence-corrected chi connectivity index (χ4v) is 2.49. The molecular weight excluding hydrogens is 256 g/mol. The van der Waals surface area contributed by atoms with Gasteiger partial charge < -0.3 is 5.32 Å². The summed E-state index contributed by atoms with van der Waals surface area (Å²) in [6.07, 6.45) is 1.71. The largest absolute Gasteiger partial charge is 0.350 e. The molecule has 0 aliphatic carbocycles. The van der Waals surface area contributed by atoms with E-state index >= 15 is 0 Å². The van der Waals surface area contributed by atoms with Crippen LogP contribution in [0.15, 0.2) is 58.6 Å². The highest BCUT2D eigenvalue weighted by Gasteiger charge is 2.13. The molecule has 1 amide bonds. The molecule has 0 unspecified atom stereocenters. The van der Waals surface area contributed by atoms with E-state index in [2.05, 4.69) is 10.3 Å². The van der Waals surface area contributed by atoms with Crippen LogP contribution in [-0.2, 0) is 0 Å². The molecule has 0 aliphatic heterocycles. The lowest BCUT2D eigenvalue weighted by Gasteiger charge is -2.11. The van der Waals surface area contributed by atoms with Crippen LogP contribution >= 0.6 is 11.8 Å². The van der Waals surface area contributed by atoms with E-state index < -0.39 is 0 Å². The Balaban J connectivity index is 2.24. The van der Waals surface area contributed by atoms with Crippen molar-refractivity contribution >= 4 is 17.7 Å². The molecule has 0 fully saturated rings. The molecule has 4 heteroatoms. The number of amides is 1. The third-order valence-corrected chi connectivity index (χ3v) is 3.42. The van der Waals surface area contributed by atoms with Crippen molar-refractivity contribution in [1.29, 1.82) is 0 Å². The molecule has 1 N–H and O–H groups in total. The van der Waals surface area contributed by atoms with Crippen LogP contribution in [0, 0.1) is 0 Å². The summed E-state index contributed by atoms with van der Waals surface area (Å²) in [6.45, 7) is 3.89. The van der Waals surface area contributed by atoms with Gasteiger partial charge in [0.05, 0.1) is 5.56 Å². The molecule has 0 bridgehead atoms. The maximum atomic E-state index is 12.1. The second kappa shape index (κ2) is 6.38. The van der Waals surface area contributed by atoms with Crippen molar-refractivity contribution in [2.75, 3.05) is 0 Å². The average molecular weight is 272 g/mol. The highest BCUT2D eigenvalue weighted by Crippen LogP contribution is 2.28. The minimum absolute atomic E-state index is 0.0819. The van der Waals surface area contributed by atoms with Gasteiger partial charge in [-0.1, -0.05) is 30.0 Å². The second-order valence-electron chi connectivity index (χ2n) is 4.40. The standard InChI is InChI=1S/C15H16N2OS/c1-11(2)17-14(18)13-9-6-10-16-15(13)19-12-7-4-3-5-8-12/h3-11H,1-2H3,(H,17,18). The topological polar surface area (TPSA) is 42.0 Å². The van der Waals surface area contributed by atoms with Crippen LogP contribution in [-0.4, -0.2) is 16.9 Å². The first-order valence-corrected chi connectivity index (χ1v) is 6.97. The van der Waals surface area contributed by atoms with Crippen molar-refractivity contribution in [2.45, 2.75) is 29.8 Å². The van der Waals surface area contributed by atoms with Crippen LogP contribution in [0.1, 0.15) is 24.2 Å². The molecule has 0 aliphatic rings. The van der Waals surface area contributed by atoms with Crippen molar-refractivity contribution in [3.05, 3.63) is 54.2 Å².